The molecule has 0 amide bonds. The summed E-state index contributed by atoms with van der Waals surface area (Å²) in [6.45, 7) is 0.697. The number of nitrogens with zero attached hydrogens (tertiary/aromatic N) is 3. The highest BCUT2D eigenvalue weighted by Crippen LogP contribution is 2.23. The molecular weight excluding hydrogens is 246 g/mol. The third-order valence-corrected chi connectivity index (χ3v) is 3.59. The third kappa shape index (κ3) is 1.67. The van der Waals surface area contributed by atoms with Crippen molar-refractivity contribution in [1.82, 2.24) is 9.55 Å². The van der Waals surface area contributed by atoms with E-state index in [1.807, 2.05) is 30.7 Å². The third-order valence-electron chi connectivity index (χ3n) is 3.59. The highest BCUT2D eigenvalue weighted by Gasteiger charge is 2.18. The second kappa shape index (κ2) is 4.46. The quantitative estimate of drug-likeness (QED) is 0.660. The van der Waals surface area contributed by atoms with Gasteiger partial charge in [0.1, 0.15) is 0 Å². The van der Waals surface area contributed by atoms with Gasteiger partial charge in [0.2, 0.25) is 0 Å². The van der Waals surface area contributed by atoms with E-state index >= 15 is 0 Å². The molecule has 0 bridgehead atoms. The zero-order chi connectivity index (χ0) is 13.4. The maximum absolute atomic E-state index is 4.80. The van der Waals surface area contributed by atoms with Crippen molar-refractivity contribution in [2.24, 2.45) is 4.99 Å². The topological polar surface area (TPSA) is 30.2 Å². The smallest absolute Gasteiger partial charge is 0.0997 e. The molecule has 0 saturated heterocycles. The van der Waals surface area contributed by atoms with Crippen LogP contribution in [0.2, 0.25) is 0 Å². The molecule has 2 aromatic carbocycles. The second-order valence-electron chi connectivity index (χ2n) is 4.81. The SMILES string of the molecule is c1ccc(C2=NCc3ccccc3-n3cncc32)cc1. The summed E-state index contributed by atoms with van der Waals surface area (Å²) in [6.07, 6.45) is 3.74. The van der Waals surface area contributed by atoms with Gasteiger partial charge in [-0.3, -0.25) is 9.56 Å². The molecule has 3 nitrogen and oxygen atoms in total. The minimum absolute atomic E-state index is 0.697. The Bertz CT molecular complexity index is 785. The van der Waals surface area contributed by atoms with E-state index in [0.29, 0.717) is 6.54 Å². The van der Waals surface area contributed by atoms with Gasteiger partial charge in [-0.15, -0.1) is 0 Å². The number of hydrogen-bond donors (Lipinski definition) is 0. The number of imidazole rings is 1. The molecule has 4 rings (SSSR count). The highest BCUT2D eigenvalue weighted by atomic mass is 15.1. The maximum atomic E-state index is 4.80. The van der Waals surface area contributed by atoms with Gasteiger partial charge in [-0.1, -0.05) is 48.5 Å². The number of benzene rings is 2. The number of aliphatic imine (C=N–C) groups is 1. The Kier molecular flexibility index (Phi) is 2.49. The fourth-order valence-corrected chi connectivity index (χ4v) is 2.62. The molecule has 0 aliphatic carbocycles. The van der Waals surface area contributed by atoms with Gasteiger partial charge in [0.15, 0.2) is 0 Å². The molecule has 2 heterocycles. The lowest BCUT2D eigenvalue weighted by Gasteiger charge is -2.09. The predicted molar refractivity (Wildman–Crippen MR) is 79.3 cm³/mol. The fourth-order valence-electron chi connectivity index (χ4n) is 2.62. The fraction of sp³-hybridized carbons (Fsp3) is 0.0588. The summed E-state index contributed by atoms with van der Waals surface area (Å²) in [6, 6.07) is 18.6. The van der Waals surface area contributed by atoms with Crippen molar-refractivity contribution < 1.29 is 0 Å². The summed E-state index contributed by atoms with van der Waals surface area (Å²) in [5.74, 6) is 0. The molecule has 0 saturated carbocycles. The number of fused-ring (bicyclic) bond motifs is 3. The van der Waals surface area contributed by atoms with E-state index in [9.17, 15) is 0 Å². The van der Waals surface area contributed by atoms with Gasteiger partial charge in [0.05, 0.1) is 36.2 Å². The van der Waals surface area contributed by atoms with Gasteiger partial charge in [0, 0.05) is 5.56 Å². The van der Waals surface area contributed by atoms with Crippen LogP contribution in [0.25, 0.3) is 5.69 Å². The maximum Gasteiger partial charge on any atom is 0.0997 e. The van der Waals surface area contributed by atoms with E-state index in [4.69, 9.17) is 4.99 Å². The van der Waals surface area contributed by atoms with Crippen LogP contribution in [0.1, 0.15) is 16.8 Å². The van der Waals surface area contributed by atoms with Crippen molar-refractivity contribution in [2.45, 2.75) is 6.54 Å². The van der Waals surface area contributed by atoms with E-state index in [1.165, 1.54) is 5.56 Å². The zero-order valence-electron chi connectivity index (χ0n) is 10.9. The van der Waals surface area contributed by atoms with Crippen LogP contribution < -0.4 is 0 Å². The Labute approximate surface area is 117 Å². The van der Waals surface area contributed by atoms with Crippen LogP contribution in [-0.2, 0) is 6.54 Å². The largest absolute Gasteiger partial charge is 0.297 e. The van der Waals surface area contributed by atoms with E-state index in [-0.39, 0.29) is 0 Å². The van der Waals surface area contributed by atoms with Gasteiger partial charge in [-0.05, 0) is 11.6 Å². The lowest BCUT2D eigenvalue weighted by Crippen LogP contribution is -2.08. The average molecular weight is 259 g/mol. The van der Waals surface area contributed by atoms with E-state index in [2.05, 4.69) is 45.9 Å². The van der Waals surface area contributed by atoms with Gasteiger partial charge in [0.25, 0.3) is 0 Å². The normalized spacial score (nSPS) is 13.1. The first-order valence-corrected chi connectivity index (χ1v) is 6.64. The van der Waals surface area contributed by atoms with Crippen LogP contribution in [0.4, 0.5) is 0 Å². The van der Waals surface area contributed by atoms with Gasteiger partial charge >= 0.3 is 0 Å². The second-order valence-corrected chi connectivity index (χ2v) is 4.81. The van der Waals surface area contributed by atoms with Crippen LogP contribution in [0, 0.1) is 0 Å². The van der Waals surface area contributed by atoms with Crippen LogP contribution >= 0.6 is 0 Å². The molecule has 0 fully saturated rings. The number of rotatable bonds is 1. The lowest BCUT2D eigenvalue weighted by molar-refractivity contribution is 1.01. The molecule has 3 heteroatoms. The molecule has 0 atom stereocenters. The zero-order valence-corrected chi connectivity index (χ0v) is 10.9. The summed E-state index contributed by atoms with van der Waals surface area (Å²) in [5.41, 5.74) is 5.55. The Hall–Kier alpha value is -2.68. The van der Waals surface area contributed by atoms with Crippen LogP contribution in [0.15, 0.2) is 72.1 Å². The average Bonchev–Trinajstić information content (AvgIpc) is 2.93. The first-order chi connectivity index (χ1) is 9.93. The molecule has 3 aromatic rings. The van der Waals surface area contributed by atoms with E-state index in [0.717, 1.165) is 22.7 Å². The van der Waals surface area contributed by atoms with E-state index < -0.39 is 0 Å². The van der Waals surface area contributed by atoms with Crippen molar-refractivity contribution in [2.75, 3.05) is 0 Å². The highest BCUT2D eigenvalue weighted by molar-refractivity contribution is 6.12. The molecule has 1 aliphatic heterocycles. The molecule has 96 valence electrons. The first kappa shape index (κ1) is 11.2. The molecule has 0 radical (unpaired) electrons. The summed E-state index contributed by atoms with van der Waals surface area (Å²) in [5, 5.41) is 0. The predicted octanol–water partition coefficient (Wildman–Crippen LogP) is 3.22. The molecule has 1 aliphatic rings. The number of aromatic nitrogens is 2. The van der Waals surface area contributed by atoms with Gasteiger partial charge in [-0.2, -0.15) is 0 Å². The van der Waals surface area contributed by atoms with Gasteiger partial charge < -0.3 is 0 Å². The summed E-state index contributed by atoms with van der Waals surface area (Å²) < 4.78 is 2.12. The van der Waals surface area contributed by atoms with Crippen LogP contribution in [0.3, 0.4) is 0 Å². The van der Waals surface area contributed by atoms with Crippen LogP contribution in [-0.4, -0.2) is 15.3 Å². The monoisotopic (exact) mass is 259 g/mol. The lowest BCUT2D eigenvalue weighted by atomic mass is 10.1. The molecule has 0 N–H and O–H groups in total. The molecule has 20 heavy (non-hydrogen) atoms. The van der Waals surface area contributed by atoms with Crippen molar-refractivity contribution in [3.8, 4) is 5.69 Å². The van der Waals surface area contributed by atoms with E-state index in [1.54, 1.807) is 0 Å². The van der Waals surface area contributed by atoms with Crippen molar-refractivity contribution in [3.05, 3.63) is 83.9 Å². The summed E-state index contributed by atoms with van der Waals surface area (Å²) >= 11 is 0. The van der Waals surface area contributed by atoms with Gasteiger partial charge in [-0.25, -0.2) is 4.98 Å². The standard InChI is InChI=1S/C17H13N3/c1-2-6-13(7-3-1)17-16-11-18-12-20(16)15-9-5-4-8-14(15)10-19-17/h1-9,11-12H,10H2. The Balaban J connectivity index is 1.96. The molecule has 0 unspecified atom stereocenters. The first-order valence-electron chi connectivity index (χ1n) is 6.64. The minimum Gasteiger partial charge on any atom is -0.297 e. The van der Waals surface area contributed by atoms with Crippen LogP contribution in [0.5, 0.6) is 0 Å². The molecule has 0 spiro atoms. The van der Waals surface area contributed by atoms with Crippen molar-refractivity contribution in [3.63, 3.8) is 0 Å². The number of hydrogen-bond acceptors (Lipinski definition) is 2. The molecular formula is C17H13N3. The summed E-state index contributed by atoms with van der Waals surface area (Å²) in [7, 11) is 0. The minimum atomic E-state index is 0.697. The summed E-state index contributed by atoms with van der Waals surface area (Å²) in [4.78, 5) is 9.11. The number of para-hydroxylation sites is 1. The Morgan fingerprint density at radius 1 is 0.900 bits per heavy atom. The van der Waals surface area contributed by atoms with Crippen molar-refractivity contribution >= 4 is 5.71 Å². The Morgan fingerprint density at radius 2 is 1.70 bits per heavy atom. The Morgan fingerprint density at radius 3 is 2.60 bits per heavy atom. The van der Waals surface area contributed by atoms with Crippen molar-refractivity contribution in [1.29, 1.82) is 0 Å². The molecule has 1 aromatic heterocycles.